The molecule has 1 aliphatic carbocycles. The van der Waals surface area contributed by atoms with Crippen molar-refractivity contribution in [1.82, 2.24) is 9.55 Å². The zero-order valence-corrected chi connectivity index (χ0v) is 21.6. The predicted octanol–water partition coefficient (Wildman–Crippen LogP) is 5.24. The Morgan fingerprint density at radius 1 is 0.730 bits per heavy atom. The van der Waals surface area contributed by atoms with Crippen molar-refractivity contribution >= 4 is 24.2 Å². The molecule has 1 spiro atoms. The van der Waals surface area contributed by atoms with Gasteiger partial charge >= 0.3 is 7.48 Å². The van der Waals surface area contributed by atoms with Gasteiger partial charge in [-0.05, 0) is 73.2 Å². The highest BCUT2D eigenvalue weighted by molar-refractivity contribution is 6.45. The van der Waals surface area contributed by atoms with E-state index in [1.807, 2.05) is 13.8 Å². The third-order valence-corrected chi connectivity index (χ3v) is 8.69. The molecular weight excluding hydrogens is 455 g/mol. The monoisotopic (exact) mass is 484 g/mol. The van der Waals surface area contributed by atoms with Gasteiger partial charge in [0.1, 0.15) is 5.72 Å². The molecule has 0 fully saturated rings. The summed E-state index contributed by atoms with van der Waals surface area (Å²) in [5.41, 5.74) is 9.53. The number of imidazole rings is 1. The van der Waals surface area contributed by atoms with Gasteiger partial charge in [-0.3, -0.25) is 0 Å². The fraction of sp³-hybridized carbons (Fsp3) is 0.219. The Hall–Kier alpha value is -3.67. The van der Waals surface area contributed by atoms with Crippen LogP contribution in [0.25, 0.3) is 27.8 Å². The van der Waals surface area contributed by atoms with Crippen molar-refractivity contribution in [2.75, 3.05) is 0 Å². The minimum absolute atomic E-state index is 0.291. The third kappa shape index (κ3) is 2.84. The first-order valence-corrected chi connectivity index (χ1v) is 12.9. The molecule has 0 unspecified atom stereocenters. The number of fused-ring (bicyclic) bond motifs is 9. The topological polar surface area (TPSA) is 47.3 Å². The van der Waals surface area contributed by atoms with Crippen LogP contribution < -0.4 is 5.72 Å². The number of aromatic nitrogens is 2. The van der Waals surface area contributed by atoms with Crippen molar-refractivity contribution in [3.05, 3.63) is 113 Å². The number of hydrogen-bond acceptors (Lipinski definition) is 3. The summed E-state index contributed by atoms with van der Waals surface area (Å²) < 4.78 is 8.60. The molecule has 7 rings (SSSR count). The van der Waals surface area contributed by atoms with E-state index in [0.29, 0.717) is 7.48 Å². The van der Waals surface area contributed by atoms with Gasteiger partial charge in [-0.25, -0.2) is 4.98 Å². The van der Waals surface area contributed by atoms with Crippen molar-refractivity contribution in [3.8, 4) is 16.8 Å². The van der Waals surface area contributed by atoms with Gasteiger partial charge in [-0.15, -0.1) is 0 Å². The van der Waals surface area contributed by atoms with Gasteiger partial charge in [-0.2, -0.15) is 0 Å². The molecule has 0 atom stereocenters. The van der Waals surface area contributed by atoms with Crippen molar-refractivity contribution in [3.63, 3.8) is 0 Å². The van der Waals surface area contributed by atoms with Crippen LogP contribution in [-0.2, 0) is 10.1 Å². The molecule has 0 amide bonds. The second-order valence-corrected chi connectivity index (χ2v) is 11.3. The van der Waals surface area contributed by atoms with Gasteiger partial charge < -0.3 is 14.3 Å². The Balaban J connectivity index is 1.55. The Morgan fingerprint density at radius 2 is 1.30 bits per heavy atom. The first kappa shape index (κ1) is 22.5. The van der Waals surface area contributed by atoms with E-state index in [2.05, 4.69) is 95.6 Å². The molecule has 2 aliphatic rings. The Labute approximate surface area is 217 Å². The zero-order chi connectivity index (χ0) is 25.6. The summed E-state index contributed by atoms with van der Waals surface area (Å²) in [7, 11) is 0.291. The minimum atomic E-state index is -0.995. The maximum atomic E-state index is 10.7. The average Bonchev–Trinajstić information content (AvgIpc) is 3.41. The smallest absolute Gasteiger partial charge is 0.351 e. The van der Waals surface area contributed by atoms with Gasteiger partial charge in [0.15, 0.2) is 0 Å². The fourth-order valence-corrected chi connectivity index (χ4v) is 6.20. The number of hydrogen-bond donors (Lipinski definition) is 1. The van der Waals surface area contributed by atoms with Gasteiger partial charge in [0.25, 0.3) is 0 Å². The number of benzene rings is 4. The lowest BCUT2D eigenvalue weighted by atomic mass is 9.65. The van der Waals surface area contributed by atoms with Crippen LogP contribution >= 0.6 is 0 Å². The van der Waals surface area contributed by atoms with E-state index in [4.69, 9.17) is 9.64 Å². The summed E-state index contributed by atoms with van der Waals surface area (Å²) in [5.74, 6) is 0. The van der Waals surface area contributed by atoms with Crippen LogP contribution in [0.15, 0.2) is 91.0 Å². The highest BCUT2D eigenvalue weighted by atomic mass is 16.5. The van der Waals surface area contributed by atoms with E-state index in [9.17, 15) is 5.11 Å². The molecule has 5 heteroatoms. The molecule has 2 heterocycles. The molecule has 0 saturated carbocycles. The van der Waals surface area contributed by atoms with E-state index in [0.717, 1.165) is 22.4 Å². The van der Waals surface area contributed by atoms with Crippen molar-refractivity contribution in [2.45, 2.75) is 44.3 Å². The summed E-state index contributed by atoms with van der Waals surface area (Å²) in [6.45, 7) is 7.41. The Bertz CT molecular complexity index is 1660. The highest BCUT2D eigenvalue weighted by Crippen LogP contribution is 2.59. The molecule has 5 aromatic rings. The fourth-order valence-electron chi connectivity index (χ4n) is 6.20. The normalized spacial score (nSPS) is 14.9. The van der Waals surface area contributed by atoms with Crippen molar-refractivity contribution in [1.29, 1.82) is 0 Å². The van der Waals surface area contributed by atoms with Crippen LogP contribution in [0.3, 0.4) is 0 Å². The maximum Gasteiger partial charge on any atom is 0.351 e. The zero-order valence-electron chi connectivity index (χ0n) is 21.6. The van der Waals surface area contributed by atoms with Gasteiger partial charge in [0, 0.05) is 0 Å². The van der Waals surface area contributed by atoms with E-state index < -0.39 is 16.6 Å². The van der Waals surface area contributed by atoms with Crippen LogP contribution in [0.5, 0.6) is 0 Å². The first-order valence-electron chi connectivity index (χ1n) is 12.9. The van der Waals surface area contributed by atoms with Crippen LogP contribution in [-0.4, -0.2) is 33.3 Å². The summed E-state index contributed by atoms with van der Waals surface area (Å²) in [5, 5.41) is 10.7. The van der Waals surface area contributed by atoms with Crippen LogP contribution in [0.4, 0.5) is 0 Å². The average molecular weight is 484 g/mol. The number of para-hydroxylation sites is 2. The van der Waals surface area contributed by atoms with E-state index in [1.54, 1.807) is 13.8 Å². The highest BCUT2D eigenvalue weighted by Gasteiger charge is 2.50. The lowest BCUT2D eigenvalue weighted by molar-refractivity contribution is -0.0894. The molecule has 4 nitrogen and oxygen atoms in total. The van der Waals surface area contributed by atoms with Gasteiger partial charge in [0.2, 0.25) is 0 Å². The second kappa shape index (κ2) is 7.44. The summed E-state index contributed by atoms with van der Waals surface area (Å²) in [6, 6.07) is 32.8. The molecule has 37 heavy (non-hydrogen) atoms. The Morgan fingerprint density at radius 3 is 1.95 bits per heavy atom. The molecule has 1 aliphatic heterocycles. The van der Waals surface area contributed by atoms with Crippen LogP contribution in [0.1, 0.15) is 49.9 Å². The Kier molecular flexibility index (Phi) is 4.53. The standard InChI is InChI=1S/C32H29BN2O2/c1-30(2,36)31(3,4)37-33-29-34-26-18-11-17-25-28(26)35(29)27-19-10-9-16-24(27)32(25)22-14-7-5-12-20(22)21-13-6-8-15-23(21)32/h5-19,33,36H,1-4H3. The summed E-state index contributed by atoms with van der Waals surface area (Å²) in [6.07, 6.45) is 0. The van der Waals surface area contributed by atoms with Crippen LogP contribution in [0.2, 0.25) is 0 Å². The van der Waals surface area contributed by atoms with E-state index in [-0.39, 0.29) is 0 Å². The molecule has 1 N–H and O–H groups in total. The number of rotatable bonds is 4. The van der Waals surface area contributed by atoms with Crippen molar-refractivity contribution in [2.24, 2.45) is 0 Å². The first-order chi connectivity index (χ1) is 17.7. The maximum absolute atomic E-state index is 10.7. The minimum Gasteiger partial charge on any atom is -0.423 e. The largest absolute Gasteiger partial charge is 0.423 e. The molecule has 0 bridgehead atoms. The van der Waals surface area contributed by atoms with Crippen LogP contribution in [0, 0.1) is 0 Å². The molecule has 1 aromatic heterocycles. The summed E-state index contributed by atoms with van der Waals surface area (Å²) >= 11 is 0. The second-order valence-electron chi connectivity index (χ2n) is 11.3. The quantitative estimate of drug-likeness (QED) is 0.348. The number of nitrogens with zero attached hydrogens (tertiary/aromatic N) is 2. The predicted molar refractivity (Wildman–Crippen MR) is 150 cm³/mol. The molecular formula is C32H29BN2O2. The van der Waals surface area contributed by atoms with Gasteiger partial charge in [-0.1, -0.05) is 78.9 Å². The lowest BCUT2D eigenvalue weighted by Crippen LogP contribution is -2.50. The van der Waals surface area contributed by atoms with E-state index in [1.165, 1.54) is 33.4 Å². The SMILES string of the molecule is CC(C)(O)C(C)(C)OBc1nc2cccc3c2n1-c1ccccc1C31c2ccccc2-c2ccccc21. The molecule has 0 radical (unpaired) electrons. The van der Waals surface area contributed by atoms with Crippen molar-refractivity contribution < 1.29 is 9.76 Å². The van der Waals surface area contributed by atoms with E-state index >= 15 is 0 Å². The lowest BCUT2D eigenvalue weighted by Gasteiger charge is -2.40. The summed E-state index contributed by atoms with van der Waals surface area (Å²) in [4.78, 5) is 5.09. The third-order valence-electron chi connectivity index (χ3n) is 8.69. The number of aliphatic hydroxyl groups is 1. The molecule has 182 valence electrons. The van der Waals surface area contributed by atoms with Gasteiger partial charge in [0.05, 0.1) is 33.3 Å². The molecule has 4 aromatic carbocycles. The molecule has 0 saturated heterocycles.